The first kappa shape index (κ1) is 6.62. The van der Waals surface area contributed by atoms with Gasteiger partial charge in [-0.15, -0.1) is 0 Å². The molecule has 2 rings (SSSR count). The zero-order chi connectivity index (χ0) is 6.97. The van der Waals surface area contributed by atoms with Crippen molar-refractivity contribution in [3.05, 3.63) is 0 Å². The Labute approximate surface area is 62.4 Å². The molecule has 0 amide bonds. The molecule has 3 atom stereocenters. The summed E-state index contributed by atoms with van der Waals surface area (Å²) < 4.78 is 0. The van der Waals surface area contributed by atoms with Gasteiger partial charge in [-0.05, 0) is 38.3 Å². The van der Waals surface area contributed by atoms with E-state index in [2.05, 4.69) is 4.90 Å². The van der Waals surface area contributed by atoms with Crippen molar-refractivity contribution in [3.8, 4) is 0 Å². The molecule has 0 aliphatic carbocycles. The van der Waals surface area contributed by atoms with Crippen molar-refractivity contribution >= 4 is 0 Å². The van der Waals surface area contributed by atoms with Crippen molar-refractivity contribution in [2.75, 3.05) is 19.6 Å². The third-order valence-corrected chi connectivity index (χ3v) is 2.93. The summed E-state index contributed by atoms with van der Waals surface area (Å²) >= 11 is 0. The number of nitrogens with zero attached hydrogens (tertiary/aromatic N) is 1. The van der Waals surface area contributed by atoms with Gasteiger partial charge >= 0.3 is 0 Å². The Morgan fingerprint density at radius 2 is 2.10 bits per heavy atom. The van der Waals surface area contributed by atoms with E-state index in [0.29, 0.717) is 6.04 Å². The standard InChI is InChI=1S/C8H16N2/c9-8-3-5-10-4-1-2-7(8)6-10/h7-8H,1-6,9H2/t7-,8+/m0/s1. The van der Waals surface area contributed by atoms with Crippen LogP contribution in [0.3, 0.4) is 0 Å². The molecule has 1 unspecified atom stereocenters. The molecule has 2 heteroatoms. The van der Waals surface area contributed by atoms with Crippen LogP contribution < -0.4 is 5.73 Å². The highest BCUT2D eigenvalue weighted by Crippen LogP contribution is 2.24. The molecule has 2 fully saturated rings. The largest absolute Gasteiger partial charge is 0.327 e. The van der Waals surface area contributed by atoms with Crippen molar-refractivity contribution in [2.45, 2.75) is 25.3 Å². The van der Waals surface area contributed by atoms with Crippen LogP contribution >= 0.6 is 0 Å². The number of hydrogen-bond donors (Lipinski definition) is 1. The molecular formula is C8H16N2. The van der Waals surface area contributed by atoms with Gasteiger partial charge in [-0.25, -0.2) is 0 Å². The van der Waals surface area contributed by atoms with Crippen LogP contribution in [0.2, 0.25) is 0 Å². The van der Waals surface area contributed by atoms with Gasteiger partial charge in [0.1, 0.15) is 0 Å². The lowest BCUT2D eigenvalue weighted by molar-refractivity contribution is 0.107. The van der Waals surface area contributed by atoms with Gasteiger partial charge in [0.25, 0.3) is 0 Å². The predicted octanol–water partition coefficient (Wildman–Crippen LogP) is 0.429. The second-order valence-electron chi connectivity index (χ2n) is 3.66. The second-order valence-corrected chi connectivity index (χ2v) is 3.66. The number of piperidine rings is 2. The average molecular weight is 140 g/mol. The zero-order valence-electron chi connectivity index (χ0n) is 6.42. The van der Waals surface area contributed by atoms with E-state index in [1.54, 1.807) is 0 Å². The molecule has 2 bridgehead atoms. The topological polar surface area (TPSA) is 29.3 Å². The summed E-state index contributed by atoms with van der Waals surface area (Å²) in [7, 11) is 0. The van der Waals surface area contributed by atoms with Gasteiger partial charge in [-0.1, -0.05) is 0 Å². The Kier molecular flexibility index (Phi) is 1.66. The number of hydrogen-bond acceptors (Lipinski definition) is 2. The van der Waals surface area contributed by atoms with Crippen LogP contribution in [0.25, 0.3) is 0 Å². The van der Waals surface area contributed by atoms with E-state index in [0.717, 1.165) is 5.92 Å². The molecule has 0 aromatic carbocycles. The van der Waals surface area contributed by atoms with Crippen LogP contribution in [0.4, 0.5) is 0 Å². The molecule has 2 saturated heterocycles. The normalized spacial score (nSPS) is 47.1. The number of nitrogens with two attached hydrogens (primary N) is 1. The minimum atomic E-state index is 0.511. The lowest BCUT2D eigenvalue weighted by Crippen LogP contribution is -2.50. The van der Waals surface area contributed by atoms with Gasteiger partial charge < -0.3 is 10.6 Å². The van der Waals surface area contributed by atoms with E-state index in [9.17, 15) is 0 Å². The Morgan fingerprint density at radius 1 is 1.20 bits per heavy atom. The second kappa shape index (κ2) is 2.51. The molecule has 2 heterocycles. The molecule has 2 aliphatic rings. The van der Waals surface area contributed by atoms with Gasteiger partial charge in [0, 0.05) is 12.6 Å². The van der Waals surface area contributed by atoms with Gasteiger partial charge in [0.2, 0.25) is 0 Å². The van der Waals surface area contributed by atoms with Crippen molar-refractivity contribution < 1.29 is 0 Å². The smallest absolute Gasteiger partial charge is 0.00915 e. The third kappa shape index (κ3) is 1.06. The molecule has 0 spiro atoms. The first-order valence-electron chi connectivity index (χ1n) is 4.34. The highest BCUT2D eigenvalue weighted by molar-refractivity contribution is 4.86. The summed E-state index contributed by atoms with van der Waals surface area (Å²) in [6, 6.07) is 0.511. The number of fused-ring (bicyclic) bond motifs is 2. The maximum absolute atomic E-state index is 5.96. The molecule has 0 aromatic heterocycles. The van der Waals surface area contributed by atoms with Crippen LogP contribution in [-0.4, -0.2) is 30.6 Å². The molecule has 2 nitrogen and oxygen atoms in total. The summed E-state index contributed by atoms with van der Waals surface area (Å²) in [4.78, 5) is 2.55. The predicted molar refractivity (Wildman–Crippen MR) is 41.8 cm³/mol. The van der Waals surface area contributed by atoms with E-state index < -0.39 is 0 Å². The maximum atomic E-state index is 5.96. The summed E-state index contributed by atoms with van der Waals surface area (Å²) in [5.41, 5.74) is 5.96. The maximum Gasteiger partial charge on any atom is 0.00915 e. The molecule has 2 N–H and O–H groups in total. The Morgan fingerprint density at radius 3 is 2.90 bits per heavy atom. The first-order chi connectivity index (χ1) is 4.86. The monoisotopic (exact) mass is 140 g/mol. The SMILES string of the molecule is N[C@@H]1CCN2CCC[C@H]1C2. The van der Waals surface area contributed by atoms with Crippen LogP contribution in [0.5, 0.6) is 0 Å². The molecule has 0 aromatic rings. The lowest BCUT2D eigenvalue weighted by Gasteiger charge is -2.41. The highest BCUT2D eigenvalue weighted by Gasteiger charge is 2.29. The molecule has 2 aliphatic heterocycles. The minimum Gasteiger partial charge on any atom is -0.327 e. The summed E-state index contributed by atoms with van der Waals surface area (Å²) in [5, 5.41) is 0. The van der Waals surface area contributed by atoms with Crippen molar-refractivity contribution in [1.82, 2.24) is 4.90 Å². The summed E-state index contributed by atoms with van der Waals surface area (Å²) in [6.07, 6.45) is 3.97. The van der Waals surface area contributed by atoms with E-state index in [1.165, 1.54) is 38.9 Å². The zero-order valence-corrected chi connectivity index (χ0v) is 6.42. The van der Waals surface area contributed by atoms with Gasteiger partial charge in [-0.3, -0.25) is 0 Å². The quantitative estimate of drug-likeness (QED) is 0.528. The fourth-order valence-electron chi connectivity index (χ4n) is 2.21. The van der Waals surface area contributed by atoms with Gasteiger partial charge in [0.05, 0.1) is 0 Å². The highest BCUT2D eigenvalue weighted by atomic mass is 15.1. The van der Waals surface area contributed by atoms with E-state index in [4.69, 9.17) is 5.73 Å². The van der Waals surface area contributed by atoms with Crippen LogP contribution in [0.1, 0.15) is 19.3 Å². The van der Waals surface area contributed by atoms with Crippen LogP contribution in [-0.2, 0) is 0 Å². The fourth-order valence-corrected chi connectivity index (χ4v) is 2.21. The minimum absolute atomic E-state index is 0.511. The van der Waals surface area contributed by atoms with E-state index >= 15 is 0 Å². The van der Waals surface area contributed by atoms with Crippen LogP contribution in [0, 0.1) is 5.92 Å². The summed E-state index contributed by atoms with van der Waals surface area (Å²) in [6.45, 7) is 3.85. The van der Waals surface area contributed by atoms with Crippen molar-refractivity contribution in [3.63, 3.8) is 0 Å². The Bertz CT molecular complexity index is 122. The Hall–Kier alpha value is -0.0800. The molecular weight excluding hydrogens is 124 g/mol. The average Bonchev–Trinajstić information content (AvgIpc) is 1.99. The molecule has 0 saturated carbocycles. The molecule has 10 heavy (non-hydrogen) atoms. The first-order valence-corrected chi connectivity index (χ1v) is 4.34. The van der Waals surface area contributed by atoms with Gasteiger partial charge in [0.15, 0.2) is 0 Å². The fraction of sp³-hybridized carbons (Fsp3) is 1.00. The lowest BCUT2D eigenvalue weighted by atomic mass is 9.86. The van der Waals surface area contributed by atoms with Gasteiger partial charge in [-0.2, -0.15) is 0 Å². The van der Waals surface area contributed by atoms with Crippen molar-refractivity contribution in [1.29, 1.82) is 0 Å². The van der Waals surface area contributed by atoms with Crippen LogP contribution in [0.15, 0.2) is 0 Å². The third-order valence-electron chi connectivity index (χ3n) is 2.93. The van der Waals surface area contributed by atoms with E-state index in [1.807, 2.05) is 0 Å². The van der Waals surface area contributed by atoms with E-state index in [-0.39, 0.29) is 0 Å². The van der Waals surface area contributed by atoms with Crippen molar-refractivity contribution in [2.24, 2.45) is 11.7 Å². The Balaban J connectivity index is 2.00. The molecule has 0 radical (unpaired) electrons. The number of rotatable bonds is 0. The summed E-state index contributed by atoms with van der Waals surface area (Å²) in [5.74, 6) is 0.822. The molecule has 58 valence electrons.